The Morgan fingerprint density at radius 1 is 1.12 bits per heavy atom. The number of nitrogens with one attached hydrogen (secondary N) is 2. The molecule has 0 fully saturated rings. The molecule has 0 aliphatic rings. The molecule has 2 rings (SSSR count). The number of hydrogen-bond donors (Lipinski definition) is 2. The number of benzene rings is 1. The zero-order valence-electron chi connectivity index (χ0n) is 13.5. The third kappa shape index (κ3) is 4.97. The normalized spacial score (nSPS) is 12.1. The highest BCUT2D eigenvalue weighted by molar-refractivity contribution is 5.79. The predicted molar refractivity (Wildman–Crippen MR) is 87.5 cm³/mol. The minimum Gasteiger partial charge on any atom is -0.352 e. The van der Waals surface area contributed by atoms with Crippen molar-refractivity contribution < 1.29 is 13.2 Å². The maximum atomic E-state index is 12.7. The maximum absolute atomic E-state index is 12.7. The lowest BCUT2D eigenvalue weighted by Gasteiger charge is -2.13. The molecular weight excluding hydrogens is 317 g/mol. The number of nitrogens with zero attached hydrogens (tertiary/aromatic N) is 2. The summed E-state index contributed by atoms with van der Waals surface area (Å²) in [5.41, 5.74) is 1.81. The van der Waals surface area contributed by atoms with Gasteiger partial charge in [0.15, 0.2) is 5.96 Å². The number of rotatable bonds is 4. The van der Waals surface area contributed by atoms with E-state index in [0.29, 0.717) is 18.1 Å². The molecule has 0 aliphatic heterocycles. The van der Waals surface area contributed by atoms with E-state index in [1.807, 2.05) is 19.1 Å². The van der Waals surface area contributed by atoms with Crippen molar-refractivity contribution in [2.24, 2.45) is 4.99 Å². The highest BCUT2D eigenvalue weighted by atomic mass is 19.4. The first kappa shape index (κ1) is 17.8. The van der Waals surface area contributed by atoms with Gasteiger partial charge in [-0.1, -0.05) is 18.2 Å². The van der Waals surface area contributed by atoms with Crippen LogP contribution in [0.3, 0.4) is 0 Å². The zero-order valence-corrected chi connectivity index (χ0v) is 13.5. The summed E-state index contributed by atoms with van der Waals surface area (Å²) in [6.07, 6.45) is -2.63. The molecule has 0 radical (unpaired) electrons. The van der Waals surface area contributed by atoms with E-state index in [-0.39, 0.29) is 6.54 Å². The molecule has 4 nitrogen and oxygen atoms in total. The smallest absolute Gasteiger partial charge is 0.352 e. The van der Waals surface area contributed by atoms with E-state index in [2.05, 4.69) is 20.6 Å². The Kier molecular flexibility index (Phi) is 5.78. The summed E-state index contributed by atoms with van der Waals surface area (Å²) in [5.74, 6) is 0.498. The highest BCUT2D eigenvalue weighted by Crippen LogP contribution is 2.29. The van der Waals surface area contributed by atoms with Crippen LogP contribution < -0.4 is 10.6 Å². The first-order chi connectivity index (χ1) is 11.4. The molecular formula is C17H19F3N4. The van der Waals surface area contributed by atoms with E-state index in [1.54, 1.807) is 19.3 Å². The minimum absolute atomic E-state index is 0.241. The standard InChI is InChI=1S/C17H19F3N4/c1-12-5-4-8-22-15(12)11-24-16(21-2)23-10-13-6-3-7-14(9-13)17(18,19)20/h3-9H,10-11H2,1-2H3,(H2,21,23,24). The van der Waals surface area contributed by atoms with Gasteiger partial charge in [0.25, 0.3) is 0 Å². The van der Waals surface area contributed by atoms with Gasteiger partial charge in [0.05, 0.1) is 17.8 Å². The van der Waals surface area contributed by atoms with Crippen LogP contribution in [-0.2, 0) is 19.3 Å². The number of halogens is 3. The average Bonchev–Trinajstić information content (AvgIpc) is 2.56. The van der Waals surface area contributed by atoms with Gasteiger partial charge >= 0.3 is 6.18 Å². The lowest BCUT2D eigenvalue weighted by molar-refractivity contribution is -0.137. The van der Waals surface area contributed by atoms with E-state index in [9.17, 15) is 13.2 Å². The second kappa shape index (κ2) is 7.81. The third-order valence-electron chi connectivity index (χ3n) is 3.48. The number of hydrogen-bond acceptors (Lipinski definition) is 2. The Bertz CT molecular complexity index is 711. The van der Waals surface area contributed by atoms with E-state index >= 15 is 0 Å². The maximum Gasteiger partial charge on any atom is 0.416 e. The Balaban J connectivity index is 1.94. The number of aromatic nitrogens is 1. The number of alkyl halides is 3. The van der Waals surface area contributed by atoms with Crippen LogP contribution in [-0.4, -0.2) is 18.0 Å². The van der Waals surface area contributed by atoms with Crippen LogP contribution in [0.15, 0.2) is 47.6 Å². The number of guanidine groups is 1. The molecule has 0 spiro atoms. The molecule has 0 bridgehead atoms. The number of aliphatic imine (C=N–C) groups is 1. The first-order valence-corrected chi connectivity index (χ1v) is 7.41. The first-order valence-electron chi connectivity index (χ1n) is 7.41. The molecule has 0 aliphatic carbocycles. The van der Waals surface area contributed by atoms with Crippen molar-refractivity contribution in [3.05, 3.63) is 65.0 Å². The molecule has 1 aromatic carbocycles. The van der Waals surface area contributed by atoms with Gasteiger partial charge in [0, 0.05) is 19.8 Å². The van der Waals surface area contributed by atoms with Crippen LogP contribution in [0.2, 0.25) is 0 Å². The average molecular weight is 336 g/mol. The van der Waals surface area contributed by atoms with Gasteiger partial charge < -0.3 is 10.6 Å². The monoisotopic (exact) mass is 336 g/mol. The molecule has 0 unspecified atom stereocenters. The van der Waals surface area contributed by atoms with Gasteiger partial charge in [-0.3, -0.25) is 9.98 Å². The van der Waals surface area contributed by atoms with Crippen molar-refractivity contribution >= 4 is 5.96 Å². The van der Waals surface area contributed by atoms with Crippen molar-refractivity contribution in [1.29, 1.82) is 0 Å². The van der Waals surface area contributed by atoms with E-state index < -0.39 is 11.7 Å². The van der Waals surface area contributed by atoms with Crippen molar-refractivity contribution in [3.63, 3.8) is 0 Å². The van der Waals surface area contributed by atoms with Gasteiger partial charge in [0.2, 0.25) is 0 Å². The van der Waals surface area contributed by atoms with E-state index in [4.69, 9.17) is 0 Å². The summed E-state index contributed by atoms with van der Waals surface area (Å²) in [7, 11) is 1.60. The van der Waals surface area contributed by atoms with Crippen molar-refractivity contribution in [2.45, 2.75) is 26.2 Å². The fourth-order valence-corrected chi connectivity index (χ4v) is 2.13. The van der Waals surface area contributed by atoms with Gasteiger partial charge in [0.1, 0.15) is 0 Å². The van der Waals surface area contributed by atoms with Crippen LogP contribution in [0.4, 0.5) is 13.2 Å². The van der Waals surface area contributed by atoms with Crippen molar-refractivity contribution in [3.8, 4) is 0 Å². The quantitative estimate of drug-likeness (QED) is 0.665. The summed E-state index contributed by atoms with van der Waals surface area (Å²) in [6, 6.07) is 9.04. The van der Waals surface area contributed by atoms with Gasteiger partial charge in [-0.25, -0.2) is 0 Å². The van der Waals surface area contributed by atoms with Crippen LogP contribution >= 0.6 is 0 Å². The molecule has 2 N–H and O–H groups in total. The fourth-order valence-electron chi connectivity index (χ4n) is 2.13. The molecule has 0 atom stereocenters. The van der Waals surface area contributed by atoms with Gasteiger partial charge in [-0.05, 0) is 36.2 Å². The van der Waals surface area contributed by atoms with Crippen LogP contribution in [0.5, 0.6) is 0 Å². The molecule has 24 heavy (non-hydrogen) atoms. The van der Waals surface area contributed by atoms with Crippen LogP contribution in [0.25, 0.3) is 0 Å². The lowest BCUT2D eigenvalue weighted by Crippen LogP contribution is -2.36. The Morgan fingerprint density at radius 2 is 1.88 bits per heavy atom. The molecule has 0 amide bonds. The summed E-state index contributed by atoms with van der Waals surface area (Å²) in [5, 5.41) is 6.09. The highest BCUT2D eigenvalue weighted by Gasteiger charge is 2.30. The summed E-state index contributed by atoms with van der Waals surface area (Å²) < 4.78 is 38.1. The van der Waals surface area contributed by atoms with Crippen LogP contribution in [0, 0.1) is 6.92 Å². The Hall–Kier alpha value is -2.57. The summed E-state index contributed by atoms with van der Waals surface area (Å²) in [4.78, 5) is 8.33. The molecule has 2 aromatic rings. The number of pyridine rings is 1. The molecule has 7 heteroatoms. The summed E-state index contributed by atoms with van der Waals surface area (Å²) >= 11 is 0. The van der Waals surface area contributed by atoms with E-state index in [1.165, 1.54) is 6.07 Å². The lowest BCUT2D eigenvalue weighted by atomic mass is 10.1. The van der Waals surface area contributed by atoms with Gasteiger partial charge in [-0.2, -0.15) is 13.2 Å². The molecule has 1 aromatic heterocycles. The Labute approximate surface area is 138 Å². The van der Waals surface area contributed by atoms with Crippen LogP contribution in [0.1, 0.15) is 22.4 Å². The zero-order chi connectivity index (χ0) is 17.6. The van der Waals surface area contributed by atoms with Crippen molar-refractivity contribution in [1.82, 2.24) is 15.6 Å². The minimum atomic E-state index is -4.34. The molecule has 128 valence electrons. The van der Waals surface area contributed by atoms with Crippen molar-refractivity contribution in [2.75, 3.05) is 7.05 Å². The topological polar surface area (TPSA) is 49.3 Å². The second-order valence-electron chi connectivity index (χ2n) is 5.24. The Morgan fingerprint density at radius 3 is 2.54 bits per heavy atom. The molecule has 1 heterocycles. The summed E-state index contributed by atoms with van der Waals surface area (Å²) in [6.45, 7) is 2.68. The number of aryl methyl sites for hydroxylation is 1. The third-order valence-corrected chi connectivity index (χ3v) is 3.48. The SMILES string of the molecule is CN=C(NCc1cccc(C(F)(F)F)c1)NCc1ncccc1C. The second-order valence-corrected chi connectivity index (χ2v) is 5.24. The molecule has 0 saturated carbocycles. The van der Waals surface area contributed by atoms with Gasteiger partial charge in [-0.15, -0.1) is 0 Å². The largest absolute Gasteiger partial charge is 0.416 e. The predicted octanol–water partition coefficient (Wildman–Crippen LogP) is 3.27. The van der Waals surface area contributed by atoms with E-state index in [0.717, 1.165) is 23.4 Å². The molecule has 0 saturated heterocycles. The fraction of sp³-hybridized carbons (Fsp3) is 0.294.